The fourth-order valence-corrected chi connectivity index (χ4v) is 3.71. The van der Waals surface area contributed by atoms with Gasteiger partial charge in [-0.25, -0.2) is 0 Å². The van der Waals surface area contributed by atoms with Gasteiger partial charge in [-0.1, -0.05) is 42.0 Å². The number of hydrogen-bond donors (Lipinski definition) is 0. The van der Waals surface area contributed by atoms with E-state index in [4.69, 9.17) is 0 Å². The lowest BCUT2D eigenvalue weighted by Gasteiger charge is -2.22. The first-order valence-corrected chi connectivity index (χ1v) is 8.85. The van der Waals surface area contributed by atoms with Crippen LogP contribution in [0.4, 0.5) is 0 Å². The monoisotopic (exact) mass is 348 g/mol. The van der Waals surface area contributed by atoms with Crippen LogP contribution in [0.15, 0.2) is 48.5 Å². The van der Waals surface area contributed by atoms with Gasteiger partial charge in [0.25, 0.3) is 11.8 Å². The minimum absolute atomic E-state index is 0.0352. The zero-order valence-corrected chi connectivity index (χ0v) is 14.6. The van der Waals surface area contributed by atoms with Gasteiger partial charge in [-0.15, -0.1) is 0 Å². The third-order valence-corrected chi connectivity index (χ3v) is 5.18. The number of benzene rings is 2. The van der Waals surface area contributed by atoms with Crippen molar-refractivity contribution < 1.29 is 14.4 Å². The minimum Gasteiger partial charge on any atom is -0.340 e. The predicted molar refractivity (Wildman–Crippen MR) is 96.8 cm³/mol. The van der Waals surface area contributed by atoms with Crippen molar-refractivity contribution in [2.45, 2.75) is 25.8 Å². The van der Waals surface area contributed by atoms with Gasteiger partial charge in [0.05, 0.1) is 23.6 Å². The molecule has 3 amide bonds. The van der Waals surface area contributed by atoms with Crippen molar-refractivity contribution in [1.29, 1.82) is 0 Å². The Kier molecular flexibility index (Phi) is 4.07. The first-order chi connectivity index (χ1) is 12.5. The molecule has 1 saturated heterocycles. The Labute approximate surface area is 152 Å². The maximum absolute atomic E-state index is 12.6. The maximum atomic E-state index is 12.6. The van der Waals surface area contributed by atoms with Crippen molar-refractivity contribution >= 4 is 17.7 Å². The van der Waals surface area contributed by atoms with Crippen LogP contribution in [-0.4, -0.2) is 46.7 Å². The van der Waals surface area contributed by atoms with E-state index < -0.39 is 0 Å². The number of fused-ring (bicyclic) bond motifs is 1. The molecule has 0 radical (unpaired) electrons. The number of carbonyl (C=O) groups excluding carboxylic acids is 3. The lowest BCUT2D eigenvalue weighted by molar-refractivity contribution is -0.129. The Morgan fingerprint density at radius 2 is 1.62 bits per heavy atom. The van der Waals surface area contributed by atoms with E-state index in [2.05, 4.69) is 0 Å². The summed E-state index contributed by atoms with van der Waals surface area (Å²) < 4.78 is 0. The molecule has 2 aliphatic heterocycles. The Balaban J connectivity index is 1.44. The third-order valence-electron chi connectivity index (χ3n) is 5.18. The van der Waals surface area contributed by atoms with Gasteiger partial charge in [0.1, 0.15) is 0 Å². The Hall–Kier alpha value is -2.95. The Bertz CT molecular complexity index is 853. The third kappa shape index (κ3) is 2.79. The Morgan fingerprint density at radius 1 is 1.00 bits per heavy atom. The summed E-state index contributed by atoms with van der Waals surface area (Å²) in [5.74, 6) is -0.458. The van der Waals surface area contributed by atoms with Crippen LogP contribution < -0.4 is 0 Å². The van der Waals surface area contributed by atoms with Crippen molar-refractivity contribution in [2.24, 2.45) is 0 Å². The first kappa shape index (κ1) is 16.5. The molecule has 0 aromatic heterocycles. The van der Waals surface area contributed by atoms with Gasteiger partial charge in [0, 0.05) is 13.1 Å². The van der Waals surface area contributed by atoms with Gasteiger partial charge in [0.15, 0.2) is 0 Å². The van der Waals surface area contributed by atoms with Crippen LogP contribution in [-0.2, 0) is 11.2 Å². The van der Waals surface area contributed by atoms with Gasteiger partial charge >= 0.3 is 0 Å². The summed E-state index contributed by atoms with van der Waals surface area (Å²) in [7, 11) is 0. The predicted octanol–water partition coefficient (Wildman–Crippen LogP) is 2.43. The number of imide groups is 1. The summed E-state index contributed by atoms with van der Waals surface area (Å²) in [6, 6.07) is 14.6. The van der Waals surface area contributed by atoms with Crippen LogP contribution in [0.1, 0.15) is 38.3 Å². The molecule has 1 unspecified atom stereocenters. The molecule has 1 fully saturated rings. The molecule has 132 valence electrons. The van der Waals surface area contributed by atoms with Crippen LogP contribution in [0.25, 0.3) is 0 Å². The fraction of sp³-hybridized carbons (Fsp3) is 0.286. The summed E-state index contributed by atoms with van der Waals surface area (Å²) in [5.41, 5.74) is 3.06. The van der Waals surface area contributed by atoms with E-state index in [0.29, 0.717) is 37.1 Å². The first-order valence-electron chi connectivity index (χ1n) is 8.85. The minimum atomic E-state index is -0.247. The molecule has 0 spiro atoms. The van der Waals surface area contributed by atoms with Crippen molar-refractivity contribution in [3.8, 4) is 0 Å². The molecule has 0 saturated carbocycles. The Morgan fingerprint density at radius 3 is 2.23 bits per heavy atom. The summed E-state index contributed by atoms with van der Waals surface area (Å²) >= 11 is 0. The number of hydrogen-bond acceptors (Lipinski definition) is 3. The van der Waals surface area contributed by atoms with Crippen molar-refractivity contribution in [3.05, 3.63) is 70.8 Å². The highest BCUT2D eigenvalue weighted by molar-refractivity contribution is 6.21. The average molecular weight is 348 g/mol. The molecule has 2 aromatic rings. The molecule has 2 heterocycles. The quantitative estimate of drug-likeness (QED) is 0.801. The lowest BCUT2D eigenvalue weighted by Crippen LogP contribution is -2.42. The summed E-state index contributed by atoms with van der Waals surface area (Å²) in [4.78, 5) is 40.9. The number of nitrogens with zero attached hydrogens (tertiary/aromatic N) is 2. The number of rotatable bonds is 3. The second-order valence-corrected chi connectivity index (χ2v) is 6.97. The van der Waals surface area contributed by atoms with Crippen LogP contribution >= 0.6 is 0 Å². The maximum Gasteiger partial charge on any atom is 0.261 e. The highest BCUT2D eigenvalue weighted by atomic mass is 16.2. The van der Waals surface area contributed by atoms with E-state index in [-0.39, 0.29) is 23.8 Å². The van der Waals surface area contributed by atoms with Crippen molar-refractivity contribution in [1.82, 2.24) is 9.80 Å². The molecule has 5 heteroatoms. The van der Waals surface area contributed by atoms with E-state index in [9.17, 15) is 14.4 Å². The van der Waals surface area contributed by atoms with Crippen molar-refractivity contribution in [2.75, 3.05) is 13.1 Å². The molecule has 2 aliphatic rings. The molecular formula is C21H20N2O3. The summed E-state index contributed by atoms with van der Waals surface area (Å²) in [6.45, 7) is 3.00. The second kappa shape index (κ2) is 6.41. The summed E-state index contributed by atoms with van der Waals surface area (Å²) in [6.07, 6.45) is 0.972. The lowest BCUT2D eigenvalue weighted by atomic mass is 10.1. The van der Waals surface area contributed by atoms with Crippen LogP contribution in [0.2, 0.25) is 0 Å². The zero-order chi connectivity index (χ0) is 18.3. The molecule has 4 rings (SSSR count). The van der Waals surface area contributed by atoms with E-state index in [1.165, 1.54) is 4.90 Å². The largest absolute Gasteiger partial charge is 0.340 e. The number of amides is 3. The van der Waals surface area contributed by atoms with Gasteiger partial charge in [-0.2, -0.15) is 0 Å². The smallest absolute Gasteiger partial charge is 0.261 e. The highest BCUT2D eigenvalue weighted by Gasteiger charge is 2.42. The van der Waals surface area contributed by atoms with Crippen LogP contribution in [0.3, 0.4) is 0 Å². The molecule has 26 heavy (non-hydrogen) atoms. The van der Waals surface area contributed by atoms with Gasteiger partial charge < -0.3 is 4.90 Å². The van der Waals surface area contributed by atoms with Crippen molar-refractivity contribution in [3.63, 3.8) is 0 Å². The molecule has 0 bridgehead atoms. The van der Waals surface area contributed by atoms with Gasteiger partial charge in [-0.3, -0.25) is 19.3 Å². The average Bonchev–Trinajstić information content (AvgIpc) is 3.21. The normalized spacial score (nSPS) is 19.2. The van der Waals surface area contributed by atoms with Crippen LogP contribution in [0, 0.1) is 6.92 Å². The second-order valence-electron chi connectivity index (χ2n) is 6.97. The molecule has 0 aliphatic carbocycles. The fourth-order valence-electron chi connectivity index (χ4n) is 3.71. The molecule has 0 N–H and O–H groups in total. The SMILES string of the molecule is Cc1ccc(CC(=O)N2CCC(N3C(=O)c4ccccc4C3=O)C2)cc1. The van der Waals surface area contributed by atoms with Gasteiger partial charge in [-0.05, 0) is 31.0 Å². The van der Waals surface area contributed by atoms with E-state index >= 15 is 0 Å². The van der Waals surface area contributed by atoms with Crippen LogP contribution in [0.5, 0.6) is 0 Å². The number of likely N-dealkylation sites (tertiary alicyclic amines) is 1. The topological polar surface area (TPSA) is 57.7 Å². The standard InChI is InChI=1S/C21H20N2O3/c1-14-6-8-15(9-7-14)12-19(24)22-11-10-16(13-22)23-20(25)17-4-2-3-5-18(17)21(23)26/h2-9,16H,10-13H2,1H3. The number of aryl methyl sites for hydroxylation is 1. The molecular weight excluding hydrogens is 328 g/mol. The molecule has 2 aromatic carbocycles. The van der Waals surface area contributed by atoms with E-state index in [0.717, 1.165) is 11.1 Å². The highest BCUT2D eigenvalue weighted by Crippen LogP contribution is 2.28. The van der Waals surface area contributed by atoms with E-state index in [1.807, 2.05) is 31.2 Å². The summed E-state index contributed by atoms with van der Waals surface area (Å²) in [5, 5.41) is 0. The van der Waals surface area contributed by atoms with Gasteiger partial charge in [0.2, 0.25) is 5.91 Å². The molecule has 5 nitrogen and oxygen atoms in total. The zero-order valence-electron chi connectivity index (χ0n) is 14.6. The number of carbonyl (C=O) groups is 3. The molecule has 1 atom stereocenters. The van der Waals surface area contributed by atoms with E-state index in [1.54, 1.807) is 29.2 Å².